The summed E-state index contributed by atoms with van der Waals surface area (Å²) in [5.74, 6) is 0.169. The van der Waals surface area contributed by atoms with Gasteiger partial charge in [0.25, 0.3) is 5.91 Å². The van der Waals surface area contributed by atoms with E-state index in [1.165, 1.54) is 4.90 Å². The molecule has 3 rings (SSSR count). The van der Waals surface area contributed by atoms with E-state index in [1.807, 2.05) is 0 Å². The minimum atomic E-state index is -0.665. The Morgan fingerprint density at radius 3 is 2.75 bits per heavy atom. The van der Waals surface area contributed by atoms with Crippen LogP contribution < -0.4 is 9.64 Å². The monoisotopic (exact) mass is 334 g/mol. The van der Waals surface area contributed by atoms with Gasteiger partial charge in [0.1, 0.15) is 12.3 Å². The first-order chi connectivity index (χ1) is 11.5. The van der Waals surface area contributed by atoms with Crippen molar-refractivity contribution in [3.8, 4) is 5.75 Å². The Labute approximate surface area is 140 Å². The second kappa shape index (κ2) is 6.78. The molecule has 1 aromatic rings. The van der Waals surface area contributed by atoms with Crippen LogP contribution in [0.25, 0.3) is 0 Å². The highest BCUT2D eigenvalue weighted by molar-refractivity contribution is 6.03. The third-order valence-corrected chi connectivity index (χ3v) is 4.33. The van der Waals surface area contributed by atoms with Crippen LogP contribution in [0.15, 0.2) is 18.2 Å². The summed E-state index contributed by atoms with van der Waals surface area (Å²) in [5, 5.41) is 9.78. The van der Waals surface area contributed by atoms with Crippen molar-refractivity contribution in [1.29, 1.82) is 0 Å². The molecule has 2 atom stereocenters. The normalized spacial score (nSPS) is 22.0. The Morgan fingerprint density at radius 1 is 1.38 bits per heavy atom. The molecule has 24 heavy (non-hydrogen) atoms. The van der Waals surface area contributed by atoms with Crippen LogP contribution in [0.3, 0.4) is 0 Å². The van der Waals surface area contributed by atoms with E-state index in [0.717, 1.165) is 0 Å². The molecule has 0 unspecified atom stereocenters. The van der Waals surface area contributed by atoms with Crippen LogP contribution in [0.2, 0.25) is 0 Å². The Morgan fingerprint density at radius 2 is 2.08 bits per heavy atom. The summed E-state index contributed by atoms with van der Waals surface area (Å²) >= 11 is 0. The number of benzene rings is 1. The third-order valence-electron chi connectivity index (χ3n) is 4.33. The number of carbonyl (C=O) groups is 2. The number of aliphatic hydroxyl groups is 1. The molecule has 7 nitrogen and oxygen atoms in total. The van der Waals surface area contributed by atoms with E-state index in [9.17, 15) is 14.7 Å². The molecule has 0 aromatic heterocycles. The smallest absolute Gasteiger partial charge is 0.268 e. The summed E-state index contributed by atoms with van der Waals surface area (Å²) in [4.78, 5) is 28.2. The highest BCUT2D eigenvalue weighted by Gasteiger charge is 2.34. The van der Waals surface area contributed by atoms with Crippen LogP contribution in [0, 0.1) is 0 Å². The van der Waals surface area contributed by atoms with E-state index in [1.54, 1.807) is 36.9 Å². The maximum Gasteiger partial charge on any atom is 0.268 e. The number of rotatable bonds is 3. The largest absolute Gasteiger partial charge is 0.479 e. The van der Waals surface area contributed by atoms with Crippen molar-refractivity contribution < 1.29 is 24.2 Å². The predicted octanol–water partition coefficient (Wildman–Crippen LogP) is 0.713. The van der Waals surface area contributed by atoms with Gasteiger partial charge in [0.15, 0.2) is 6.10 Å². The summed E-state index contributed by atoms with van der Waals surface area (Å²) in [6.07, 6.45) is -1.31. The molecule has 2 amide bonds. The third kappa shape index (κ3) is 3.22. The summed E-state index contributed by atoms with van der Waals surface area (Å²) in [7, 11) is 0. The highest BCUT2D eigenvalue weighted by Crippen LogP contribution is 2.36. The number of morpholine rings is 1. The standard InChI is InChI=1S/C17H22N2O5/c1-11(20)13-3-4-15-14(9-13)19(17(22)12(2)24-15)10-16(21)18-5-7-23-8-6-18/h3-4,9,11-12,20H,5-8,10H2,1-2H3/t11-,12-/m1/s1. The molecule has 0 aliphatic carbocycles. The number of hydrogen-bond acceptors (Lipinski definition) is 5. The van der Waals surface area contributed by atoms with E-state index in [2.05, 4.69) is 0 Å². The molecule has 0 bridgehead atoms. The summed E-state index contributed by atoms with van der Waals surface area (Å²) in [5.41, 5.74) is 1.20. The van der Waals surface area contributed by atoms with E-state index in [-0.39, 0.29) is 18.4 Å². The first-order valence-corrected chi connectivity index (χ1v) is 8.13. The topological polar surface area (TPSA) is 79.3 Å². The molecule has 0 saturated carbocycles. The second-order valence-electron chi connectivity index (χ2n) is 6.08. The lowest BCUT2D eigenvalue weighted by atomic mass is 10.1. The quantitative estimate of drug-likeness (QED) is 0.881. The molecule has 130 valence electrons. The maximum atomic E-state index is 12.5. The lowest BCUT2D eigenvalue weighted by Crippen LogP contribution is -2.51. The fraction of sp³-hybridized carbons (Fsp3) is 0.529. The number of hydrogen-bond donors (Lipinski definition) is 1. The van der Waals surface area contributed by atoms with Crippen LogP contribution in [0.5, 0.6) is 5.75 Å². The predicted molar refractivity (Wildman–Crippen MR) is 86.9 cm³/mol. The molecule has 1 saturated heterocycles. The van der Waals surface area contributed by atoms with E-state index < -0.39 is 12.2 Å². The van der Waals surface area contributed by atoms with Crippen LogP contribution in [0.1, 0.15) is 25.5 Å². The fourth-order valence-corrected chi connectivity index (χ4v) is 2.89. The molecule has 7 heteroatoms. The average Bonchev–Trinajstić information content (AvgIpc) is 2.59. The van der Waals surface area contributed by atoms with Crippen LogP contribution in [-0.4, -0.2) is 60.8 Å². The molecule has 0 radical (unpaired) electrons. The molecule has 1 aromatic carbocycles. The number of anilines is 1. The summed E-state index contributed by atoms with van der Waals surface area (Å²) < 4.78 is 10.9. The van der Waals surface area contributed by atoms with E-state index in [0.29, 0.717) is 43.3 Å². The molecule has 0 spiro atoms. The van der Waals surface area contributed by atoms with Gasteiger partial charge < -0.3 is 19.5 Å². The van der Waals surface area contributed by atoms with Gasteiger partial charge >= 0.3 is 0 Å². The van der Waals surface area contributed by atoms with Gasteiger partial charge in [0, 0.05) is 13.1 Å². The Bertz CT molecular complexity index is 640. The van der Waals surface area contributed by atoms with E-state index >= 15 is 0 Å². The second-order valence-corrected chi connectivity index (χ2v) is 6.08. The van der Waals surface area contributed by atoms with Gasteiger partial charge in [-0.05, 0) is 31.5 Å². The zero-order valence-corrected chi connectivity index (χ0v) is 13.9. The molecular formula is C17H22N2O5. The lowest BCUT2D eigenvalue weighted by molar-refractivity contribution is -0.136. The van der Waals surface area contributed by atoms with Crippen molar-refractivity contribution in [2.24, 2.45) is 0 Å². The molecule has 2 heterocycles. The maximum absolute atomic E-state index is 12.5. The van der Waals surface area contributed by atoms with Gasteiger partial charge in [-0.1, -0.05) is 6.07 Å². The average molecular weight is 334 g/mol. The van der Waals surface area contributed by atoms with Crippen molar-refractivity contribution >= 4 is 17.5 Å². The number of fused-ring (bicyclic) bond motifs is 1. The van der Waals surface area contributed by atoms with Gasteiger partial charge in [-0.25, -0.2) is 0 Å². The molecule has 1 fully saturated rings. The van der Waals surface area contributed by atoms with Crippen molar-refractivity contribution in [1.82, 2.24) is 4.90 Å². The van der Waals surface area contributed by atoms with Gasteiger partial charge in [-0.15, -0.1) is 0 Å². The van der Waals surface area contributed by atoms with Gasteiger partial charge in [0.05, 0.1) is 25.0 Å². The van der Waals surface area contributed by atoms with Crippen molar-refractivity contribution in [2.45, 2.75) is 26.1 Å². The molecule has 2 aliphatic heterocycles. The van der Waals surface area contributed by atoms with Crippen LogP contribution >= 0.6 is 0 Å². The number of aliphatic hydroxyl groups excluding tert-OH is 1. The molecular weight excluding hydrogens is 312 g/mol. The first kappa shape index (κ1) is 16.7. The number of nitrogens with zero attached hydrogens (tertiary/aromatic N) is 2. The van der Waals surface area contributed by atoms with Crippen molar-refractivity contribution in [2.75, 3.05) is 37.7 Å². The first-order valence-electron chi connectivity index (χ1n) is 8.13. The Kier molecular flexibility index (Phi) is 4.73. The van der Waals surface area contributed by atoms with Crippen LogP contribution in [0.4, 0.5) is 5.69 Å². The zero-order chi connectivity index (χ0) is 17.3. The summed E-state index contributed by atoms with van der Waals surface area (Å²) in [6.45, 7) is 5.38. The number of carbonyl (C=O) groups excluding carboxylic acids is 2. The number of amides is 2. The van der Waals surface area contributed by atoms with Gasteiger partial charge in [0.2, 0.25) is 5.91 Å². The highest BCUT2D eigenvalue weighted by atomic mass is 16.5. The van der Waals surface area contributed by atoms with Crippen molar-refractivity contribution in [3.05, 3.63) is 23.8 Å². The van der Waals surface area contributed by atoms with Crippen molar-refractivity contribution in [3.63, 3.8) is 0 Å². The van der Waals surface area contributed by atoms with Gasteiger partial charge in [-0.3, -0.25) is 14.5 Å². The zero-order valence-electron chi connectivity index (χ0n) is 13.9. The lowest BCUT2D eigenvalue weighted by Gasteiger charge is -2.35. The van der Waals surface area contributed by atoms with Crippen LogP contribution in [-0.2, 0) is 14.3 Å². The van der Waals surface area contributed by atoms with E-state index in [4.69, 9.17) is 9.47 Å². The Hall–Kier alpha value is -2.12. The summed E-state index contributed by atoms with van der Waals surface area (Å²) in [6, 6.07) is 5.19. The number of ether oxygens (including phenoxy) is 2. The fourth-order valence-electron chi connectivity index (χ4n) is 2.89. The molecule has 2 aliphatic rings. The Balaban J connectivity index is 1.87. The molecule has 1 N–H and O–H groups in total. The SMILES string of the molecule is C[C@H]1Oc2ccc([C@@H](C)O)cc2N(CC(=O)N2CCOCC2)C1=O. The minimum Gasteiger partial charge on any atom is -0.479 e. The minimum absolute atomic E-state index is 0.0389. The van der Waals surface area contributed by atoms with Gasteiger partial charge in [-0.2, -0.15) is 0 Å².